The monoisotopic (exact) mass is 300 g/mol. The first-order valence-corrected chi connectivity index (χ1v) is 5.84. The highest BCUT2D eigenvalue weighted by Gasteiger charge is 2.23. The Kier molecular flexibility index (Phi) is 3.42. The molecule has 1 N–H and O–H groups in total. The van der Waals surface area contributed by atoms with Gasteiger partial charge >= 0.3 is 0 Å². The Morgan fingerprint density at radius 2 is 2.18 bits per heavy atom. The quantitative estimate of drug-likeness (QED) is 0.887. The lowest BCUT2D eigenvalue weighted by atomic mass is 10.2. The molecule has 90 valence electrons. The number of benzene rings is 1. The highest BCUT2D eigenvalue weighted by Crippen LogP contribution is 2.22. The Balaban J connectivity index is 2.17. The Hall–Kier alpha value is -1.43. The van der Waals surface area contributed by atoms with Gasteiger partial charge in [-0.2, -0.15) is 0 Å². The van der Waals surface area contributed by atoms with Gasteiger partial charge in [0.15, 0.2) is 0 Å². The third-order valence-electron chi connectivity index (χ3n) is 2.52. The maximum atomic E-state index is 13.3. The van der Waals surface area contributed by atoms with Crippen molar-refractivity contribution in [2.24, 2.45) is 0 Å². The molecule has 1 fully saturated rings. The molecule has 0 aliphatic carbocycles. The van der Waals surface area contributed by atoms with E-state index < -0.39 is 0 Å². The summed E-state index contributed by atoms with van der Waals surface area (Å²) in [5.74, 6) is -0.741. The molecule has 1 saturated heterocycles. The molecule has 1 aliphatic heterocycles. The number of halogens is 2. The fraction of sp³-hybridized carbons (Fsp3) is 0.273. The zero-order chi connectivity index (χ0) is 12.4. The predicted octanol–water partition coefficient (Wildman–Crippen LogP) is 1.05. The number of carbonyl (C=O) groups excluding carboxylic acids is 2. The lowest BCUT2D eigenvalue weighted by molar-refractivity contribution is -0.141. The number of carbonyl (C=O) groups is 2. The topological polar surface area (TPSA) is 49.4 Å². The van der Waals surface area contributed by atoms with Gasteiger partial charge in [-0.15, -0.1) is 0 Å². The van der Waals surface area contributed by atoms with Crippen LogP contribution in [-0.2, 0) is 16.1 Å². The van der Waals surface area contributed by atoms with Crippen LogP contribution in [-0.4, -0.2) is 29.8 Å². The summed E-state index contributed by atoms with van der Waals surface area (Å²) < 4.78 is 13.6. The summed E-state index contributed by atoms with van der Waals surface area (Å²) in [5, 5.41) is 2.46. The van der Waals surface area contributed by atoms with Crippen molar-refractivity contribution in [2.45, 2.75) is 6.54 Å². The summed E-state index contributed by atoms with van der Waals surface area (Å²) in [6.07, 6.45) is 0. The maximum absolute atomic E-state index is 13.3. The van der Waals surface area contributed by atoms with E-state index in [0.717, 1.165) is 0 Å². The second kappa shape index (κ2) is 4.83. The molecule has 1 aromatic rings. The molecular weight excluding hydrogens is 291 g/mol. The second-order valence-electron chi connectivity index (χ2n) is 3.74. The zero-order valence-electron chi connectivity index (χ0n) is 8.87. The second-order valence-corrected chi connectivity index (χ2v) is 4.53. The number of nitrogens with one attached hydrogen (secondary N) is 1. The molecule has 0 spiro atoms. The normalized spacial score (nSPS) is 16.0. The number of rotatable bonds is 2. The van der Waals surface area contributed by atoms with Gasteiger partial charge in [-0.05, 0) is 27.6 Å². The van der Waals surface area contributed by atoms with E-state index in [-0.39, 0.29) is 37.3 Å². The summed E-state index contributed by atoms with van der Waals surface area (Å²) in [5.41, 5.74) is 0.646. The van der Waals surface area contributed by atoms with Gasteiger partial charge in [0.25, 0.3) is 0 Å². The van der Waals surface area contributed by atoms with Crippen LogP contribution in [0.4, 0.5) is 4.39 Å². The molecule has 17 heavy (non-hydrogen) atoms. The Morgan fingerprint density at radius 1 is 1.41 bits per heavy atom. The highest BCUT2D eigenvalue weighted by atomic mass is 79.9. The van der Waals surface area contributed by atoms with E-state index >= 15 is 0 Å². The SMILES string of the molecule is O=C1CN(Cc2cccc(F)c2Br)C(=O)CN1. The van der Waals surface area contributed by atoms with Crippen LogP contribution >= 0.6 is 15.9 Å². The molecule has 0 unspecified atom stereocenters. The smallest absolute Gasteiger partial charge is 0.242 e. The van der Waals surface area contributed by atoms with Crippen LogP contribution in [0.15, 0.2) is 22.7 Å². The first kappa shape index (κ1) is 12.0. The molecule has 0 radical (unpaired) electrons. The molecule has 0 saturated carbocycles. The first-order valence-electron chi connectivity index (χ1n) is 5.05. The summed E-state index contributed by atoms with van der Waals surface area (Å²) >= 11 is 3.13. The van der Waals surface area contributed by atoms with Crippen molar-refractivity contribution < 1.29 is 14.0 Å². The molecule has 1 aromatic carbocycles. The van der Waals surface area contributed by atoms with Gasteiger partial charge in [0.1, 0.15) is 5.82 Å². The summed E-state index contributed by atoms with van der Waals surface area (Å²) in [6.45, 7) is 0.248. The van der Waals surface area contributed by atoms with Gasteiger partial charge in [0, 0.05) is 6.54 Å². The standard InChI is InChI=1S/C11H10BrFN2O2/c12-11-7(2-1-3-8(11)13)5-15-6-9(16)14-4-10(15)17/h1-3H,4-6H2,(H,14,16). The van der Waals surface area contributed by atoms with E-state index in [9.17, 15) is 14.0 Å². The van der Waals surface area contributed by atoms with E-state index in [1.165, 1.54) is 11.0 Å². The number of piperazine rings is 1. The maximum Gasteiger partial charge on any atom is 0.242 e. The molecule has 1 aliphatic rings. The Morgan fingerprint density at radius 3 is 2.94 bits per heavy atom. The van der Waals surface area contributed by atoms with Crippen molar-refractivity contribution >= 4 is 27.7 Å². The predicted molar refractivity (Wildman–Crippen MR) is 62.5 cm³/mol. The van der Waals surface area contributed by atoms with Crippen LogP contribution in [0.25, 0.3) is 0 Å². The Bertz CT molecular complexity index is 479. The third kappa shape index (κ3) is 2.63. The van der Waals surface area contributed by atoms with E-state index in [2.05, 4.69) is 21.2 Å². The molecule has 0 aromatic heterocycles. The summed E-state index contributed by atoms with van der Waals surface area (Å²) in [7, 11) is 0. The van der Waals surface area contributed by atoms with Gasteiger partial charge in [-0.1, -0.05) is 12.1 Å². The van der Waals surface area contributed by atoms with Gasteiger partial charge in [-0.25, -0.2) is 4.39 Å². The summed E-state index contributed by atoms with van der Waals surface area (Å²) in [4.78, 5) is 24.1. The van der Waals surface area contributed by atoms with Crippen LogP contribution in [0.5, 0.6) is 0 Å². The van der Waals surface area contributed by atoms with Crippen LogP contribution in [0.3, 0.4) is 0 Å². The van der Waals surface area contributed by atoms with E-state index in [4.69, 9.17) is 0 Å². The molecule has 1 heterocycles. The molecular formula is C11H10BrFN2O2. The van der Waals surface area contributed by atoms with Gasteiger partial charge in [0.2, 0.25) is 11.8 Å². The minimum atomic E-state index is -0.378. The average Bonchev–Trinajstić information content (AvgIpc) is 2.30. The van der Waals surface area contributed by atoms with Gasteiger partial charge in [-0.3, -0.25) is 9.59 Å². The average molecular weight is 301 g/mol. The minimum Gasteiger partial charge on any atom is -0.345 e. The fourth-order valence-electron chi connectivity index (χ4n) is 1.62. The molecule has 2 amide bonds. The molecule has 0 bridgehead atoms. The van der Waals surface area contributed by atoms with Crippen molar-refractivity contribution in [2.75, 3.05) is 13.1 Å². The zero-order valence-corrected chi connectivity index (χ0v) is 10.5. The minimum absolute atomic E-state index is 0.00572. The fourth-order valence-corrected chi connectivity index (χ4v) is 2.01. The van der Waals surface area contributed by atoms with Crippen molar-refractivity contribution in [3.05, 3.63) is 34.1 Å². The van der Waals surface area contributed by atoms with E-state index in [0.29, 0.717) is 10.0 Å². The lowest BCUT2D eigenvalue weighted by Crippen LogP contribution is -2.51. The van der Waals surface area contributed by atoms with Gasteiger partial charge < -0.3 is 10.2 Å². The number of hydrogen-bond donors (Lipinski definition) is 1. The third-order valence-corrected chi connectivity index (χ3v) is 3.40. The summed E-state index contributed by atoms with van der Waals surface area (Å²) in [6, 6.07) is 4.62. The molecule has 0 atom stereocenters. The number of nitrogens with zero attached hydrogens (tertiary/aromatic N) is 1. The van der Waals surface area contributed by atoms with E-state index in [1.54, 1.807) is 12.1 Å². The van der Waals surface area contributed by atoms with Crippen molar-refractivity contribution in [1.82, 2.24) is 10.2 Å². The Labute approximate surface area is 106 Å². The van der Waals surface area contributed by atoms with Crippen molar-refractivity contribution in [3.63, 3.8) is 0 Å². The van der Waals surface area contributed by atoms with Crippen LogP contribution in [0.1, 0.15) is 5.56 Å². The van der Waals surface area contributed by atoms with Gasteiger partial charge in [0.05, 0.1) is 17.6 Å². The molecule has 6 heteroatoms. The van der Waals surface area contributed by atoms with Crippen molar-refractivity contribution in [3.8, 4) is 0 Å². The molecule has 2 rings (SSSR count). The van der Waals surface area contributed by atoms with E-state index in [1.807, 2.05) is 0 Å². The number of hydrogen-bond acceptors (Lipinski definition) is 2. The lowest BCUT2D eigenvalue weighted by Gasteiger charge is -2.27. The molecule has 4 nitrogen and oxygen atoms in total. The largest absolute Gasteiger partial charge is 0.345 e. The van der Waals surface area contributed by atoms with Crippen LogP contribution in [0, 0.1) is 5.82 Å². The van der Waals surface area contributed by atoms with Crippen LogP contribution < -0.4 is 5.32 Å². The highest BCUT2D eigenvalue weighted by molar-refractivity contribution is 9.10. The van der Waals surface area contributed by atoms with Crippen LogP contribution in [0.2, 0.25) is 0 Å². The number of amides is 2. The van der Waals surface area contributed by atoms with Crippen molar-refractivity contribution in [1.29, 1.82) is 0 Å². The first-order chi connectivity index (χ1) is 8.08.